The summed E-state index contributed by atoms with van der Waals surface area (Å²) in [5.74, 6) is 1.48. The Morgan fingerprint density at radius 1 is 0.750 bits per heavy atom. The number of nitrogens with one attached hydrogen (secondary N) is 1. The molecule has 0 aromatic heterocycles. The van der Waals surface area contributed by atoms with Crippen LogP contribution in [0.2, 0.25) is 0 Å². The first-order valence-electron chi connectivity index (χ1n) is 10.3. The summed E-state index contributed by atoms with van der Waals surface area (Å²) in [5, 5.41) is 11.4. The van der Waals surface area contributed by atoms with Gasteiger partial charge in [-0.25, -0.2) is 5.01 Å². The number of para-hydroxylation sites is 2. The molecule has 0 amide bonds. The molecule has 0 radical (unpaired) electrons. The summed E-state index contributed by atoms with van der Waals surface area (Å²) in [5.41, 5.74) is 6.85. The summed E-state index contributed by atoms with van der Waals surface area (Å²) < 4.78 is 5.25. The van der Waals surface area contributed by atoms with Crippen LogP contribution in [0.1, 0.15) is 11.1 Å². The molecule has 0 fully saturated rings. The monoisotopic (exact) mass is 420 g/mol. The third-order valence-electron chi connectivity index (χ3n) is 4.74. The summed E-state index contributed by atoms with van der Waals surface area (Å²) in [6, 6.07) is 37.6. The molecule has 0 unspecified atom stereocenters. The smallest absolute Gasteiger partial charge is 0.181 e. The van der Waals surface area contributed by atoms with Gasteiger partial charge in [0.2, 0.25) is 0 Å². The second-order valence-corrected chi connectivity index (χ2v) is 6.94. The number of ether oxygens (including phenoxy) is 1. The Bertz CT molecular complexity index is 1160. The van der Waals surface area contributed by atoms with Gasteiger partial charge in [0.1, 0.15) is 5.75 Å². The molecule has 0 aliphatic carbocycles. The number of hydrogen-bond donors (Lipinski definition) is 1. The zero-order chi connectivity index (χ0) is 22.0. The summed E-state index contributed by atoms with van der Waals surface area (Å²) in [7, 11) is 1.66. The van der Waals surface area contributed by atoms with Gasteiger partial charge in [0.15, 0.2) is 5.84 Å². The normalized spacial score (nSPS) is 11.3. The number of hydrogen-bond acceptors (Lipinski definition) is 4. The lowest BCUT2D eigenvalue weighted by Gasteiger charge is -2.21. The van der Waals surface area contributed by atoms with Crippen LogP contribution in [0.5, 0.6) is 5.75 Å². The van der Waals surface area contributed by atoms with Gasteiger partial charge >= 0.3 is 0 Å². The van der Waals surface area contributed by atoms with Crippen LogP contribution in [0.3, 0.4) is 0 Å². The minimum atomic E-state index is 0.672. The topological polar surface area (TPSA) is 49.2 Å². The molecule has 0 saturated heterocycles. The zero-order valence-corrected chi connectivity index (χ0v) is 17.8. The first-order chi connectivity index (χ1) is 15.8. The van der Waals surface area contributed by atoms with Crippen LogP contribution in [-0.4, -0.2) is 19.2 Å². The lowest BCUT2D eigenvalue weighted by atomic mass is 10.2. The SMILES string of the molecule is COc1ccc(/C=N\N(C(=NNc2ccccc2)c2ccccc2)c2ccccc2)cc1. The maximum absolute atomic E-state index is 5.25. The number of methoxy groups -OCH3 is 1. The van der Waals surface area contributed by atoms with E-state index in [1.165, 1.54) is 0 Å². The van der Waals surface area contributed by atoms with Gasteiger partial charge in [-0.15, -0.1) is 0 Å². The first-order valence-corrected chi connectivity index (χ1v) is 10.3. The van der Waals surface area contributed by atoms with Crippen molar-refractivity contribution in [3.63, 3.8) is 0 Å². The van der Waals surface area contributed by atoms with Gasteiger partial charge in [-0.3, -0.25) is 5.43 Å². The van der Waals surface area contributed by atoms with Crippen molar-refractivity contribution in [2.75, 3.05) is 17.5 Å². The maximum atomic E-state index is 5.25. The molecule has 4 aromatic carbocycles. The third kappa shape index (κ3) is 5.40. The van der Waals surface area contributed by atoms with Crippen LogP contribution in [0, 0.1) is 0 Å². The molecule has 158 valence electrons. The van der Waals surface area contributed by atoms with Crippen LogP contribution in [0.4, 0.5) is 11.4 Å². The minimum absolute atomic E-state index is 0.672. The highest BCUT2D eigenvalue weighted by atomic mass is 16.5. The highest BCUT2D eigenvalue weighted by Gasteiger charge is 2.15. The highest BCUT2D eigenvalue weighted by molar-refractivity contribution is 6.10. The van der Waals surface area contributed by atoms with Gasteiger partial charge in [-0.05, 0) is 54.1 Å². The van der Waals surface area contributed by atoms with Crippen molar-refractivity contribution in [3.05, 3.63) is 126 Å². The summed E-state index contributed by atoms with van der Waals surface area (Å²) in [4.78, 5) is 0. The Morgan fingerprint density at radius 3 is 1.97 bits per heavy atom. The molecule has 0 bridgehead atoms. The minimum Gasteiger partial charge on any atom is -0.497 e. The second-order valence-electron chi connectivity index (χ2n) is 6.94. The molecule has 0 aliphatic heterocycles. The predicted molar refractivity (Wildman–Crippen MR) is 133 cm³/mol. The van der Waals surface area contributed by atoms with Crippen molar-refractivity contribution in [2.24, 2.45) is 10.2 Å². The van der Waals surface area contributed by atoms with Crippen LogP contribution in [0.15, 0.2) is 125 Å². The zero-order valence-electron chi connectivity index (χ0n) is 17.8. The Kier molecular flexibility index (Phi) is 6.91. The highest BCUT2D eigenvalue weighted by Crippen LogP contribution is 2.19. The third-order valence-corrected chi connectivity index (χ3v) is 4.74. The Hall–Kier alpha value is -4.38. The largest absolute Gasteiger partial charge is 0.497 e. The molecule has 0 aliphatic rings. The van der Waals surface area contributed by atoms with E-state index in [0.717, 1.165) is 28.3 Å². The van der Waals surface area contributed by atoms with E-state index in [2.05, 4.69) is 5.43 Å². The van der Waals surface area contributed by atoms with E-state index in [9.17, 15) is 0 Å². The van der Waals surface area contributed by atoms with Crippen molar-refractivity contribution < 1.29 is 4.74 Å². The van der Waals surface area contributed by atoms with Gasteiger partial charge in [0.25, 0.3) is 0 Å². The fraction of sp³-hybridized carbons (Fsp3) is 0.0370. The number of nitrogens with zero attached hydrogens (tertiary/aromatic N) is 3. The Balaban J connectivity index is 1.74. The molecular weight excluding hydrogens is 396 g/mol. The quantitative estimate of drug-likeness (QED) is 0.226. The number of hydrazone groups is 2. The van der Waals surface area contributed by atoms with Crippen molar-refractivity contribution >= 4 is 23.4 Å². The summed E-state index contributed by atoms with van der Waals surface area (Å²) >= 11 is 0. The number of rotatable bonds is 7. The Labute approximate surface area is 188 Å². The van der Waals surface area contributed by atoms with Gasteiger partial charge in [-0.1, -0.05) is 66.7 Å². The van der Waals surface area contributed by atoms with Crippen molar-refractivity contribution in [1.82, 2.24) is 0 Å². The average Bonchev–Trinajstić information content (AvgIpc) is 2.88. The lowest BCUT2D eigenvalue weighted by molar-refractivity contribution is 0.415. The average molecular weight is 421 g/mol. The van der Waals surface area contributed by atoms with Gasteiger partial charge < -0.3 is 4.74 Å². The van der Waals surface area contributed by atoms with Crippen molar-refractivity contribution in [2.45, 2.75) is 0 Å². The number of amidine groups is 1. The van der Waals surface area contributed by atoms with E-state index >= 15 is 0 Å². The van der Waals surface area contributed by atoms with E-state index in [1.807, 2.05) is 126 Å². The van der Waals surface area contributed by atoms with Crippen LogP contribution < -0.4 is 15.2 Å². The van der Waals surface area contributed by atoms with Crippen molar-refractivity contribution in [1.29, 1.82) is 0 Å². The van der Waals surface area contributed by atoms with Gasteiger partial charge in [0, 0.05) is 5.56 Å². The summed E-state index contributed by atoms with van der Waals surface area (Å²) in [6.07, 6.45) is 1.81. The maximum Gasteiger partial charge on any atom is 0.181 e. The molecule has 5 nitrogen and oxygen atoms in total. The first kappa shape index (κ1) is 20.9. The van der Waals surface area contributed by atoms with Crippen molar-refractivity contribution in [3.8, 4) is 5.75 Å². The van der Waals surface area contributed by atoms with Crippen LogP contribution in [0.25, 0.3) is 0 Å². The van der Waals surface area contributed by atoms with E-state index in [1.54, 1.807) is 7.11 Å². The van der Waals surface area contributed by atoms with Crippen LogP contribution >= 0.6 is 0 Å². The van der Waals surface area contributed by atoms with Gasteiger partial charge in [-0.2, -0.15) is 10.2 Å². The standard InChI is InChI=1S/C27H24N4O/c1-32-26-19-17-22(18-20-26)21-28-31(25-15-9-4-10-16-25)27(23-11-5-2-6-12-23)30-29-24-13-7-3-8-14-24/h2-21,29H,1H3/b28-21-,30-27?. The second kappa shape index (κ2) is 10.6. The molecule has 4 aromatic rings. The molecule has 0 saturated carbocycles. The number of benzene rings is 4. The molecule has 0 atom stereocenters. The number of anilines is 2. The van der Waals surface area contributed by atoms with E-state index in [-0.39, 0.29) is 0 Å². The molecule has 0 heterocycles. The van der Waals surface area contributed by atoms with Crippen LogP contribution in [-0.2, 0) is 0 Å². The van der Waals surface area contributed by atoms with E-state index in [4.69, 9.17) is 14.9 Å². The lowest BCUT2D eigenvalue weighted by Crippen LogP contribution is -2.28. The fourth-order valence-electron chi connectivity index (χ4n) is 3.08. The van der Waals surface area contributed by atoms with Gasteiger partial charge in [0.05, 0.1) is 24.7 Å². The molecular formula is C27H24N4O. The molecule has 32 heavy (non-hydrogen) atoms. The Morgan fingerprint density at radius 2 is 1.34 bits per heavy atom. The molecule has 5 heteroatoms. The predicted octanol–water partition coefficient (Wildman–Crippen LogP) is 6.01. The van der Waals surface area contributed by atoms with E-state index < -0.39 is 0 Å². The molecule has 4 rings (SSSR count). The van der Waals surface area contributed by atoms with E-state index in [0.29, 0.717) is 5.84 Å². The fourth-order valence-corrected chi connectivity index (χ4v) is 3.08. The molecule has 1 N–H and O–H groups in total. The molecule has 0 spiro atoms. The summed E-state index contributed by atoms with van der Waals surface area (Å²) in [6.45, 7) is 0.